The normalized spacial score (nSPS) is 11.4. The van der Waals surface area contributed by atoms with E-state index in [2.05, 4.69) is 10.6 Å². The van der Waals surface area contributed by atoms with E-state index < -0.39 is 0 Å². The van der Waals surface area contributed by atoms with Crippen molar-refractivity contribution in [2.75, 3.05) is 6.54 Å². The number of carbonyl (C=O) groups excluding carboxylic acids is 2. The molecule has 0 radical (unpaired) electrons. The van der Waals surface area contributed by atoms with Gasteiger partial charge in [0.05, 0.1) is 0 Å². The fourth-order valence-electron chi connectivity index (χ4n) is 1.23. The van der Waals surface area contributed by atoms with Gasteiger partial charge in [-0.15, -0.1) is 0 Å². The Hall–Kier alpha value is -1.10. The molecule has 0 aromatic rings. The molecule has 2 amide bonds. The molecule has 0 saturated heterocycles. The van der Waals surface area contributed by atoms with E-state index in [1.54, 1.807) is 0 Å². The van der Waals surface area contributed by atoms with Gasteiger partial charge in [-0.25, -0.2) is 0 Å². The van der Waals surface area contributed by atoms with Gasteiger partial charge in [-0.3, -0.25) is 9.59 Å². The molecule has 0 heterocycles. The zero-order valence-electron chi connectivity index (χ0n) is 11.3. The first-order valence-corrected chi connectivity index (χ1v) is 6.05. The number of nitrogens with two attached hydrogens (primary N) is 1. The summed E-state index contributed by atoms with van der Waals surface area (Å²) in [6.07, 6.45) is 1.35. The summed E-state index contributed by atoms with van der Waals surface area (Å²) in [6.45, 7) is 7.95. The molecule has 0 fully saturated rings. The molecule has 0 aromatic heterocycles. The molecule has 0 atom stereocenters. The van der Waals surface area contributed by atoms with Gasteiger partial charge in [-0.2, -0.15) is 0 Å². The van der Waals surface area contributed by atoms with Crippen LogP contribution in [0.4, 0.5) is 0 Å². The van der Waals surface area contributed by atoms with Gasteiger partial charge in [0.25, 0.3) is 0 Å². The van der Waals surface area contributed by atoms with Gasteiger partial charge in [0.1, 0.15) is 0 Å². The van der Waals surface area contributed by atoms with Crippen LogP contribution in [-0.4, -0.2) is 29.9 Å². The maximum absolute atomic E-state index is 11.4. The number of rotatable bonds is 7. The van der Waals surface area contributed by atoms with E-state index in [4.69, 9.17) is 5.73 Å². The lowest BCUT2D eigenvalue weighted by molar-refractivity contribution is -0.122. The van der Waals surface area contributed by atoms with Crippen molar-refractivity contribution in [2.45, 2.75) is 58.5 Å². The van der Waals surface area contributed by atoms with Crippen LogP contribution in [0.5, 0.6) is 0 Å². The Bertz CT molecular complexity index is 257. The van der Waals surface area contributed by atoms with Crippen LogP contribution in [0.15, 0.2) is 0 Å². The molecule has 0 bridgehead atoms. The third-order valence-electron chi connectivity index (χ3n) is 2.12. The van der Waals surface area contributed by atoms with Gasteiger partial charge in [0, 0.05) is 31.0 Å². The molecule has 0 spiro atoms. The minimum atomic E-state index is -0.327. The van der Waals surface area contributed by atoms with Crippen LogP contribution >= 0.6 is 0 Å². The molecule has 5 nitrogen and oxygen atoms in total. The summed E-state index contributed by atoms with van der Waals surface area (Å²) in [5, 5.41) is 5.47. The quantitative estimate of drug-likeness (QED) is 0.610. The highest BCUT2D eigenvalue weighted by Gasteiger charge is 2.13. The summed E-state index contributed by atoms with van der Waals surface area (Å²) in [4.78, 5) is 22.7. The van der Waals surface area contributed by atoms with Crippen LogP contribution in [0, 0.1) is 0 Å². The molecule has 0 aromatic carbocycles. The van der Waals surface area contributed by atoms with Crippen LogP contribution in [0.1, 0.15) is 47.0 Å². The van der Waals surface area contributed by atoms with Crippen LogP contribution in [-0.2, 0) is 9.59 Å². The standard InChI is InChI=1S/C12H25N3O2/c1-9(2)15-11(17)6-8-14-10(16)5-7-12(3,4)13/h9H,5-8,13H2,1-4H3,(H,14,16)(H,15,17). The molecule has 0 unspecified atom stereocenters. The lowest BCUT2D eigenvalue weighted by Gasteiger charge is -2.17. The summed E-state index contributed by atoms with van der Waals surface area (Å²) in [5.74, 6) is -0.0969. The van der Waals surface area contributed by atoms with Gasteiger partial charge in [-0.05, 0) is 34.1 Å². The molecule has 17 heavy (non-hydrogen) atoms. The van der Waals surface area contributed by atoms with E-state index in [-0.39, 0.29) is 23.4 Å². The predicted molar refractivity (Wildman–Crippen MR) is 68.4 cm³/mol. The summed E-state index contributed by atoms with van der Waals surface area (Å²) >= 11 is 0. The van der Waals surface area contributed by atoms with E-state index in [1.165, 1.54) is 0 Å². The molecular formula is C12H25N3O2. The van der Waals surface area contributed by atoms with E-state index in [0.717, 1.165) is 0 Å². The van der Waals surface area contributed by atoms with Crippen molar-refractivity contribution in [3.05, 3.63) is 0 Å². The summed E-state index contributed by atoms with van der Waals surface area (Å²) in [5.41, 5.74) is 5.44. The van der Waals surface area contributed by atoms with Crippen LogP contribution < -0.4 is 16.4 Å². The molecule has 0 aliphatic rings. The Morgan fingerprint density at radius 1 is 1.18 bits per heavy atom. The molecule has 100 valence electrons. The van der Waals surface area contributed by atoms with Crippen LogP contribution in [0.25, 0.3) is 0 Å². The number of carbonyl (C=O) groups is 2. The highest BCUT2D eigenvalue weighted by molar-refractivity contribution is 5.79. The van der Waals surface area contributed by atoms with Gasteiger partial charge in [0.2, 0.25) is 11.8 Å². The second kappa shape index (κ2) is 7.27. The monoisotopic (exact) mass is 243 g/mol. The van der Waals surface area contributed by atoms with Crippen LogP contribution in [0.3, 0.4) is 0 Å². The molecule has 5 heteroatoms. The first-order chi connectivity index (χ1) is 7.70. The molecule has 0 rings (SSSR count). The predicted octanol–water partition coefficient (Wildman–Crippen LogP) is 0.535. The second-order valence-corrected chi connectivity index (χ2v) is 5.31. The molecular weight excluding hydrogens is 218 g/mol. The summed E-state index contributed by atoms with van der Waals surface area (Å²) < 4.78 is 0. The fourth-order valence-corrected chi connectivity index (χ4v) is 1.23. The SMILES string of the molecule is CC(C)NC(=O)CCNC(=O)CCC(C)(C)N. The number of amides is 2. The topological polar surface area (TPSA) is 84.2 Å². The largest absolute Gasteiger partial charge is 0.356 e. The maximum atomic E-state index is 11.4. The van der Waals surface area contributed by atoms with Gasteiger partial charge < -0.3 is 16.4 Å². The zero-order valence-corrected chi connectivity index (χ0v) is 11.3. The second-order valence-electron chi connectivity index (χ2n) is 5.31. The van der Waals surface area contributed by atoms with Gasteiger partial charge in [-0.1, -0.05) is 0 Å². The van der Waals surface area contributed by atoms with Crippen molar-refractivity contribution >= 4 is 11.8 Å². The Kier molecular flexibility index (Phi) is 6.80. The van der Waals surface area contributed by atoms with E-state index >= 15 is 0 Å². The van der Waals surface area contributed by atoms with Gasteiger partial charge >= 0.3 is 0 Å². The zero-order chi connectivity index (χ0) is 13.5. The Morgan fingerprint density at radius 2 is 1.76 bits per heavy atom. The van der Waals surface area contributed by atoms with Crippen LogP contribution in [0.2, 0.25) is 0 Å². The minimum Gasteiger partial charge on any atom is -0.356 e. The third kappa shape index (κ3) is 11.2. The van der Waals surface area contributed by atoms with Gasteiger partial charge in [0.15, 0.2) is 0 Å². The van der Waals surface area contributed by atoms with E-state index in [9.17, 15) is 9.59 Å². The van der Waals surface area contributed by atoms with Crippen molar-refractivity contribution in [3.8, 4) is 0 Å². The molecule has 0 aliphatic heterocycles. The molecule has 0 aliphatic carbocycles. The maximum Gasteiger partial charge on any atom is 0.221 e. The summed E-state index contributed by atoms with van der Waals surface area (Å²) in [6, 6.07) is 0.135. The van der Waals surface area contributed by atoms with Crippen molar-refractivity contribution in [1.82, 2.24) is 10.6 Å². The highest BCUT2D eigenvalue weighted by atomic mass is 16.2. The van der Waals surface area contributed by atoms with Crippen molar-refractivity contribution < 1.29 is 9.59 Å². The molecule has 0 saturated carbocycles. The first-order valence-electron chi connectivity index (χ1n) is 6.05. The van der Waals surface area contributed by atoms with E-state index in [1.807, 2.05) is 27.7 Å². The number of hydrogen-bond donors (Lipinski definition) is 3. The Balaban J connectivity index is 3.61. The van der Waals surface area contributed by atoms with Crippen molar-refractivity contribution in [1.29, 1.82) is 0 Å². The number of hydrogen-bond acceptors (Lipinski definition) is 3. The average Bonchev–Trinajstić information content (AvgIpc) is 2.12. The Labute approximate surface area is 104 Å². The highest BCUT2D eigenvalue weighted by Crippen LogP contribution is 2.06. The molecule has 4 N–H and O–H groups in total. The minimum absolute atomic E-state index is 0.0422. The summed E-state index contributed by atoms with van der Waals surface area (Å²) in [7, 11) is 0. The first kappa shape index (κ1) is 15.9. The lowest BCUT2D eigenvalue weighted by atomic mass is 10.00. The Morgan fingerprint density at radius 3 is 2.24 bits per heavy atom. The number of nitrogens with one attached hydrogen (secondary N) is 2. The van der Waals surface area contributed by atoms with Crippen molar-refractivity contribution in [2.24, 2.45) is 5.73 Å². The van der Waals surface area contributed by atoms with E-state index in [0.29, 0.717) is 25.8 Å². The average molecular weight is 243 g/mol. The lowest BCUT2D eigenvalue weighted by Crippen LogP contribution is -2.36. The van der Waals surface area contributed by atoms with Crippen molar-refractivity contribution in [3.63, 3.8) is 0 Å². The third-order valence-corrected chi connectivity index (χ3v) is 2.12. The smallest absolute Gasteiger partial charge is 0.221 e. The fraction of sp³-hybridized carbons (Fsp3) is 0.833.